The molecule has 116 valence electrons. The van der Waals surface area contributed by atoms with E-state index in [0.717, 1.165) is 24.1 Å². The molecule has 1 fully saturated rings. The maximum atomic E-state index is 11.9. The van der Waals surface area contributed by atoms with Crippen molar-refractivity contribution in [2.24, 2.45) is 0 Å². The van der Waals surface area contributed by atoms with Gasteiger partial charge in [-0.25, -0.2) is 8.42 Å². The number of rotatable bonds is 5. The number of benzene rings is 1. The molecule has 1 N–H and O–H groups in total. The van der Waals surface area contributed by atoms with Crippen LogP contribution in [-0.4, -0.2) is 26.6 Å². The van der Waals surface area contributed by atoms with Crippen molar-refractivity contribution in [1.29, 1.82) is 0 Å². The van der Waals surface area contributed by atoms with Crippen LogP contribution >= 0.6 is 0 Å². The van der Waals surface area contributed by atoms with Gasteiger partial charge in [0.2, 0.25) is 15.9 Å². The fourth-order valence-corrected chi connectivity index (χ4v) is 3.98. The first-order valence-electron chi connectivity index (χ1n) is 7.35. The van der Waals surface area contributed by atoms with Crippen molar-refractivity contribution in [1.82, 2.24) is 0 Å². The van der Waals surface area contributed by atoms with Crippen molar-refractivity contribution in [2.45, 2.75) is 39.5 Å². The predicted molar refractivity (Wildman–Crippen MR) is 85.1 cm³/mol. The number of amides is 1. The van der Waals surface area contributed by atoms with Crippen molar-refractivity contribution in [2.75, 3.05) is 21.9 Å². The highest BCUT2D eigenvalue weighted by molar-refractivity contribution is 7.93. The van der Waals surface area contributed by atoms with Gasteiger partial charge < -0.3 is 5.32 Å². The maximum Gasteiger partial charge on any atom is 0.235 e. The van der Waals surface area contributed by atoms with E-state index in [1.54, 1.807) is 12.1 Å². The Kier molecular flexibility index (Phi) is 4.88. The summed E-state index contributed by atoms with van der Waals surface area (Å²) in [4.78, 5) is 11.8. The van der Waals surface area contributed by atoms with Crippen molar-refractivity contribution in [3.8, 4) is 0 Å². The van der Waals surface area contributed by atoms with Gasteiger partial charge in [-0.3, -0.25) is 9.10 Å². The van der Waals surface area contributed by atoms with Gasteiger partial charge in [-0.05, 0) is 43.5 Å². The summed E-state index contributed by atoms with van der Waals surface area (Å²) in [5, 5.41) is 2.88. The fraction of sp³-hybridized carbons (Fsp3) is 0.533. The Bertz CT molecular complexity index is 626. The second-order valence-corrected chi connectivity index (χ2v) is 7.41. The Labute approximate surface area is 126 Å². The maximum absolute atomic E-state index is 11.9. The van der Waals surface area contributed by atoms with E-state index in [-0.39, 0.29) is 11.7 Å². The van der Waals surface area contributed by atoms with E-state index in [9.17, 15) is 13.2 Å². The molecule has 0 aliphatic carbocycles. The number of carbonyl (C=O) groups excluding carboxylic acids is 1. The Hall–Kier alpha value is -1.56. The van der Waals surface area contributed by atoms with Crippen LogP contribution in [-0.2, 0) is 14.8 Å². The van der Waals surface area contributed by atoms with Crippen LogP contribution in [0.25, 0.3) is 0 Å². The van der Waals surface area contributed by atoms with Crippen molar-refractivity contribution in [3.05, 3.63) is 23.8 Å². The molecule has 1 heterocycles. The molecule has 1 saturated heterocycles. The number of aryl methyl sites for hydroxylation is 1. The number of unbranched alkanes of at least 4 members (excludes halogenated alkanes) is 1. The number of nitrogens with one attached hydrogen (secondary N) is 1. The van der Waals surface area contributed by atoms with Gasteiger partial charge in [0.15, 0.2) is 0 Å². The van der Waals surface area contributed by atoms with Gasteiger partial charge in [-0.2, -0.15) is 0 Å². The lowest BCUT2D eigenvalue weighted by atomic mass is 10.1. The highest BCUT2D eigenvalue weighted by Crippen LogP contribution is 2.28. The molecule has 6 heteroatoms. The molecule has 0 atom stereocenters. The second kappa shape index (κ2) is 6.47. The summed E-state index contributed by atoms with van der Waals surface area (Å²) in [6.07, 6.45) is 3.03. The first-order valence-corrected chi connectivity index (χ1v) is 8.96. The Morgan fingerprint density at radius 3 is 2.71 bits per heavy atom. The van der Waals surface area contributed by atoms with Crippen molar-refractivity contribution < 1.29 is 13.2 Å². The van der Waals surface area contributed by atoms with Gasteiger partial charge in [0.1, 0.15) is 0 Å². The molecule has 0 radical (unpaired) electrons. The highest BCUT2D eigenvalue weighted by Gasteiger charge is 2.28. The molecular formula is C15H22N2O3S. The lowest BCUT2D eigenvalue weighted by Gasteiger charge is -2.18. The number of sulfonamides is 1. The molecule has 0 bridgehead atoms. The van der Waals surface area contributed by atoms with E-state index >= 15 is 0 Å². The topological polar surface area (TPSA) is 66.5 Å². The normalized spacial score (nSPS) is 17.0. The molecule has 21 heavy (non-hydrogen) atoms. The van der Waals surface area contributed by atoms with Crippen LogP contribution in [0.1, 0.15) is 38.2 Å². The largest absolute Gasteiger partial charge is 0.326 e. The Morgan fingerprint density at radius 2 is 2.14 bits per heavy atom. The average molecular weight is 310 g/mol. The summed E-state index contributed by atoms with van der Waals surface area (Å²) >= 11 is 0. The lowest BCUT2D eigenvalue weighted by Crippen LogP contribution is -2.25. The summed E-state index contributed by atoms with van der Waals surface area (Å²) in [5.41, 5.74) is 2.30. The molecule has 5 nitrogen and oxygen atoms in total. The lowest BCUT2D eigenvalue weighted by molar-refractivity contribution is -0.116. The Morgan fingerprint density at radius 1 is 1.38 bits per heavy atom. The van der Waals surface area contributed by atoms with Crippen LogP contribution in [0.3, 0.4) is 0 Å². The molecule has 0 unspecified atom stereocenters. The highest BCUT2D eigenvalue weighted by atomic mass is 32.2. The van der Waals surface area contributed by atoms with Crippen LogP contribution in [0.4, 0.5) is 11.4 Å². The van der Waals surface area contributed by atoms with Crippen LogP contribution in [0.5, 0.6) is 0 Å². The summed E-state index contributed by atoms with van der Waals surface area (Å²) in [7, 11) is -3.16. The van der Waals surface area contributed by atoms with Gasteiger partial charge >= 0.3 is 0 Å². The van der Waals surface area contributed by atoms with E-state index in [1.807, 2.05) is 19.9 Å². The molecule has 1 amide bonds. The fourth-order valence-electron chi connectivity index (χ4n) is 2.42. The first-order chi connectivity index (χ1) is 9.94. The first kappa shape index (κ1) is 15.8. The number of carbonyl (C=O) groups is 1. The van der Waals surface area contributed by atoms with E-state index in [2.05, 4.69) is 5.32 Å². The number of anilines is 2. The number of hydrogen-bond acceptors (Lipinski definition) is 3. The monoisotopic (exact) mass is 310 g/mol. The van der Waals surface area contributed by atoms with E-state index in [4.69, 9.17) is 0 Å². The molecule has 1 aliphatic heterocycles. The second-order valence-electron chi connectivity index (χ2n) is 5.39. The number of nitrogens with zero attached hydrogens (tertiary/aromatic N) is 1. The molecule has 0 saturated carbocycles. The average Bonchev–Trinajstić information content (AvgIpc) is 2.78. The SMILES string of the molecule is CCCCC(=O)Nc1ccc(N2CCCS2(=O)=O)cc1C. The third-order valence-corrected chi connectivity index (χ3v) is 5.50. The minimum atomic E-state index is -3.16. The molecule has 1 aromatic carbocycles. The zero-order valence-electron chi connectivity index (χ0n) is 12.6. The molecule has 0 spiro atoms. The quantitative estimate of drug-likeness (QED) is 0.909. The van der Waals surface area contributed by atoms with E-state index in [1.165, 1.54) is 4.31 Å². The third kappa shape index (κ3) is 3.75. The van der Waals surface area contributed by atoms with Gasteiger partial charge in [0.25, 0.3) is 0 Å². The minimum Gasteiger partial charge on any atom is -0.326 e. The molecule has 1 aromatic rings. The van der Waals surface area contributed by atoms with Crippen LogP contribution in [0.2, 0.25) is 0 Å². The van der Waals surface area contributed by atoms with Crippen molar-refractivity contribution >= 4 is 27.3 Å². The van der Waals surface area contributed by atoms with Gasteiger partial charge in [-0.15, -0.1) is 0 Å². The van der Waals surface area contributed by atoms with E-state index in [0.29, 0.717) is 25.1 Å². The predicted octanol–water partition coefficient (Wildman–Crippen LogP) is 2.66. The molecular weight excluding hydrogens is 288 g/mol. The van der Waals surface area contributed by atoms with Crippen LogP contribution in [0, 0.1) is 6.92 Å². The smallest absolute Gasteiger partial charge is 0.235 e. The van der Waals surface area contributed by atoms with E-state index < -0.39 is 10.0 Å². The standard InChI is InChI=1S/C15H22N2O3S/c1-3-4-6-15(18)16-14-8-7-13(11-12(14)2)17-9-5-10-21(17,19)20/h7-8,11H,3-6,9-10H2,1-2H3,(H,16,18). The summed E-state index contributed by atoms with van der Waals surface area (Å²) < 4.78 is 25.3. The van der Waals surface area contributed by atoms with Crippen molar-refractivity contribution in [3.63, 3.8) is 0 Å². The minimum absolute atomic E-state index is 0.00138. The van der Waals surface area contributed by atoms with Gasteiger partial charge in [0.05, 0.1) is 11.4 Å². The van der Waals surface area contributed by atoms with Gasteiger partial charge in [0, 0.05) is 18.7 Å². The Balaban J connectivity index is 2.13. The van der Waals surface area contributed by atoms with Crippen LogP contribution < -0.4 is 9.62 Å². The summed E-state index contributed by atoms with van der Waals surface area (Å²) in [6.45, 7) is 4.45. The number of hydrogen-bond donors (Lipinski definition) is 1. The van der Waals surface area contributed by atoms with Gasteiger partial charge in [-0.1, -0.05) is 13.3 Å². The molecule has 1 aliphatic rings. The summed E-state index contributed by atoms with van der Waals surface area (Å²) in [5.74, 6) is 0.211. The molecule has 2 rings (SSSR count). The molecule has 0 aromatic heterocycles. The third-order valence-electron chi connectivity index (χ3n) is 3.63. The zero-order chi connectivity index (χ0) is 15.5. The zero-order valence-corrected chi connectivity index (χ0v) is 13.4. The van der Waals surface area contributed by atoms with Crippen LogP contribution in [0.15, 0.2) is 18.2 Å². The summed E-state index contributed by atoms with van der Waals surface area (Å²) in [6, 6.07) is 5.35.